The summed E-state index contributed by atoms with van der Waals surface area (Å²) in [5, 5.41) is 18.3. The number of rotatable bonds is 9. The summed E-state index contributed by atoms with van der Waals surface area (Å²) in [5.74, 6) is -4.99. The molecule has 13 heteroatoms. The molecule has 0 unspecified atom stereocenters. The number of aryl methyl sites for hydroxylation is 1. The van der Waals surface area contributed by atoms with Gasteiger partial charge in [0.2, 0.25) is 11.8 Å². The number of Topliss-reactive ketones (excluding diaryl/α,β-unsaturated/α-hetero) is 1. The van der Waals surface area contributed by atoms with E-state index in [-0.39, 0.29) is 37.0 Å². The van der Waals surface area contributed by atoms with Crippen LogP contribution >= 0.6 is 0 Å². The average molecular weight is 820 g/mol. The summed E-state index contributed by atoms with van der Waals surface area (Å²) in [6.45, 7) is -0.571. The maximum atomic E-state index is 14.4. The first-order valence-corrected chi connectivity index (χ1v) is 19.5. The summed E-state index contributed by atoms with van der Waals surface area (Å²) in [5.41, 5.74) is 3.10. The predicted octanol–water partition coefficient (Wildman–Crippen LogP) is 6.54. The fourth-order valence-corrected chi connectivity index (χ4v) is 7.07. The number of hydrogen-bond donors (Lipinski definition) is 4. The van der Waals surface area contributed by atoms with E-state index in [1.165, 1.54) is 24.3 Å². The molecule has 3 amide bonds. The molecule has 7 rings (SSSR count). The Kier molecular flexibility index (Phi) is 14.1. The number of carbonyl (C=O) groups is 5. The Balaban J connectivity index is 1.35. The van der Waals surface area contributed by atoms with Gasteiger partial charge in [0.25, 0.3) is 5.91 Å². The van der Waals surface area contributed by atoms with Crippen molar-refractivity contribution in [2.45, 2.75) is 62.8 Å². The van der Waals surface area contributed by atoms with E-state index in [1.807, 2.05) is 72.8 Å². The topological polar surface area (TPSA) is 151 Å². The van der Waals surface area contributed by atoms with Crippen molar-refractivity contribution < 1.29 is 47.0 Å². The van der Waals surface area contributed by atoms with E-state index in [1.54, 1.807) is 24.3 Å². The standard InChI is InChI=1S/C47H44F3N3O7/c48-47(49,50)37-13-7-10-33(25-37)27-40-44(56)53-41(26-32-14-19-35(20-15-32)34-11-5-2-6-12-34)45(57)52-39(23-18-30-8-3-1-4-9-30)42(54)28-36(46(58)59)24-31-16-21-38(22-17-31)60-29-43(55)51-40/h1-17,19-22,25,36,39-41H,18,23-24,26-29H2,(H,51,55)(H,52,57)(H,53,56)(H,58,59)/t36-,39-,40-,41+/m1/s1. The normalized spacial score (nSPS) is 19.4. The smallest absolute Gasteiger partial charge is 0.416 e. The molecular weight excluding hydrogens is 776 g/mol. The van der Waals surface area contributed by atoms with Gasteiger partial charge in [0.15, 0.2) is 12.4 Å². The van der Waals surface area contributed by atoms with Gasteiger partial charge in [-0.15, -0.1) is 0 Å². The average Bonchev–Trinajstić information content (AvgIpc) is 3.24. The van der Waals surface area contributed by atoms with Crippen molar-refractivity contribution in [2.75, 3.05) is 6.61 Å². The molecule has 310 valence electrons. The van der Waals surface area contributed by atoms with Crippen LogP contribution < -0.4 is 20.7 Å². The fraction of sp³-hybridized carbons (Fsp3) is 0.255. The van der Waals surface area contributed by atoms with Crippen LogP contribution in [0.15, 0.2) is 133 Å². The van der Waals surface area contributed by atoms with Gasteiger partial charge >= 0.3 is 12.1 Å². The van der Waals surface area contributed by atoms with E-state index < -0.39 is 78.3 Å². The number of halogens is 3. The molecule has 0 saturated carbocycles. The first kappa shape index (κ1) is 42.8. The van der Waals surface area contributed by atoms with Crippen LogP contribution in [0.5, 0.6) is 5.75 Å². The minimum atomic E-state index is -4.67. The summed E-state index contributed by atoms with van der Waals surface area (Å²) < 4.78 is 46.7. The van der Waals surface area contributed by atoms with Gasteiger partial charge in [-0.2, -0.15) is 13.2 Å². The highest BCUT2D eigenvalue weighted by Gasteiger charge is 2.34. The zero-order chi connectivity index (χ0) is 42.6. The lowest BCUT2D eigenvalue weighted by atomic mass is 9.90. The van der Waals surface area contributed by atoms with E-state index in [9.17, 15) is 42.3 Å². The van der Waals surface area contributed by atoms with Gasteiger partial charge in [-0.25, -0.2) is 0 Å². The van der Waals surface area contributed by atoms with Crippen LogP contribution in [0.3, 0.4) is 0 Å². The molecule has 0 saturated heterocycles. The Hall–Kier alpha value is -6.76. The van der Waals surface area contributed by atoms with Crippen LogP contribution in [0.25, 0.3) is 11.1 Å². The van der Waals surface area contributed by atoms with Crippen molar-refractivity contribution in [1.82, 2.24) is 16.0 Å². The second-order valence-corrected chi connectivity index (χ2v) is 14.8. The molecule has 5 aromatic rings. The van der Waals surface area contributed by atoms with Crippen LogP contribution in [-0.2, 0) is 55.8 Å². The molecule has 2 aliphatic heterocycles. The van der Waals surface area contributed by atoms with E-state index in [0.29, 0.717) is 17.5 Å². The highest BCUT2D eigenvalue weighted by Crippen LogP contribution is 2.30. The van der Waals surface area contributed by atoms with Crippen molar-refractivity contribution in [3.63, 3.8) is 0 Å². The molecule has 0 spiro atoms. The van der Waals surface area contributed by atoms with Crippen LogP contribution in [0, 0.1) is 5.92 Å². The zero-order valence-electron chi connectivity index (χ0n) is 32.5. The van der Waals surface area contributed by atoms with Crippen LogP contribution in [0.2, 0.25) is 0 Å². The molecule has 0 fully saturated rings. The number of nitrogens with one attached hydrogen (secondary N) is 3. The van der Waals surface area contributed by atoms with Crippen LogP contribution in [0.4, 0.5) is 13.2 Å². The highest BCUT2D eigenvalue weighted by molar-refractivity contribution is 5.96. The molecule has 4 atom stereocenters. The van der Waals surface area contributed by atoms with Gasteiger partial charge in [-0.3, -0.25) is 24.0 Å². The number of alkyl halides is 3. The number of fused-ring (bicyclic) bond motifs is 16. The van der Waals surface area contributed by atoms with E-state index in [4.69, 9.17) is 4.74 Å². The van der Waals surface area contributed by atoms with Crippen LogP contribution in [-0.4, -0.2) is 59.3 Å². The largest absolute Gasteiger partial charge is 0.484 e. The molecule has 0 aromatic heterocycles. The molecule has 2 heterocycles. The number of benzene rings is 5. The Morgan fingerprint density at radius 3 is 1.87 bits per heavy atom. The Morgan fingerprint density at radius 1 is 0.633 bits per heavy atom. The van der Waals surface area contributed by atoms with Gasteiger partial charge in [0.1, 0.15) is 17.8 Å². The lowest BCUT2D eigenvalue weighted by molar-refractivity contribution is -0.144. The third-order valence-corrected chi connectivity index (χ3v) is 10.3. The maximum absolute atomic E-state index is 14.4. The molecule has 60 heavy (non-hydrogen) atoms. The maximum Gasteiger partial charge on any atom is 0.416 e. The molecular formula is C47H44F3N3O7. The molecule has 10 nitrogen and oxygen atoms in total. The molecule has 2 bridgehead atoms. The predicted molar refractivity (Wildman–Crippen MR) is 218 cm³/mol. The minimum absolute atomic E-state index is 0.00390. The Labute approximate surface area is 345 Å². The number of carboxylic acid groups (broad SMARTS) is 1. The third kappa shape index (κ3) is 12.1. The van der Waals surface area contributed by atoms with Gasteiger partial charge in [0.05, 0.1) is 17.5 Å². The number of carbonyl (C=O) groups excluding carboxylic acids is 4. The minimum Gasteiger partial charge on any atom is -0.484 e. The summed E-state index contributed by atoms with van der Waals surface area (Å²) in [6.07, 6.45) is -5.04. The van der Waals surface area contributed by atoms with Gasteiger partial charge in [-0.1, -0.05) is 115 Å². The number of ether oxygens (including phenoxy) is 1. The summed E-state index contributed by atoms with van der Waals surface area (Å²) >= 11 is 0. The zero-order valence-corrected chi connectivity index (χ0v) is 32.5. The summed E-state index contributed by atoms with van der Waals surface area (Å²) in [4.78, 5) is 68.5. The number of ketones is 1. The van der Waals surface area contributed by atoms with Crippen molar-refractivity contribution in [2.24, 2.45) is 5.92 Å². The van der Waals surface area contributed by atoms with E-state index in [0.717, 1.165) is 28.8 Å². The number of carboxylic acids is 1. The Bertz CT molecular complexity index is 2270. The van der Waals surface area contributed by atoms with E-state index in [2.05, 4.69) is 16.0 Å². The number of hydrogen-bond acceptors (Lipinski definition) is 6. The lowest BCUT2D eigenvalue weighted by Crippen LogP contribution is -2.57. The second-order valence-electron chi connectivity index (χ2n) is 14.8. The lowest BCUT2D eigenvalue weighted by Gasteiger charge is -2.26. The van der Waals surface area contributed by atoms with Crippen molar-refractivity contribution in [3.05, 3.63) is 161 Å². The summed E-state index contributed by atoms with van der Waals surface area (Å²) in [6, 6.07) is 32.8. The molecule has 2 aliphatic rings. The van der Waals surface area contributed by atoms with Crippen LogP contribution in [0.1, 0.15) is 40.7 Å². The van der Waals surface area contributed by atoms with Crippen molar-refractivity contribution in [3.8, 4) is 16.9 Å². The van der Waals surface area contributed by atoms with Gasteiger partial charge in [0, 0.05) is 19.3 Å². The second kappa shape index (κ2) is 19.8. The quantitative estimate of drug-likeness (QED) is 0.123. The van der Waals surface area contributed by atoms with Crippen molar-refractivity contribution in [1.29, 1.82) is 0 Å². The van der Waals surface area contributed by atoms with Gasteiger partial charge < -0.3 is 25.8 Å². The third-order valence-electron chi connectivity index (χ3n) is 10.3. The Morgan fingerprint density at radius 2 is 1.22 bits per heavy atom. The van der Waals surface area contributed by atoms with E-state index >= 15 is 0 Å². The fourth-order valence-electron chi connectivity index (χ4n) is 7.07. The molecule has 0 radical (unpaired) electrons. The summed E-state index contributed by atoms with van der Waals surface area (Å²) in [7, 11) is 0. The monoisotopic (exact) mass is 819 g/mol. The van der Waals surface area contributed by atoms with Gasteiger partial charge in [-0.05, 0) is 70.8 Å². The highest BCUT2D eigenvalue weighted by atomic mass is 19.4. The number of amides is 3. The van der Waals surface area contributed by atoms with Crippen molar-refractivity contribution >= 4 is 29.5 Å². The molecule has 4 N–H and O–H groups in total. The first-order chi connectivity index (χ1) is 28.8. The SMILES string of the molecule is O=C1COc2ccc(cc2)C[C@@H](C(=O)O)CC(=O)[C@@H](CCc2ccccc2)NC(=O)[C@H](Cc2ccc(-c3ccccc3)cc2)NC(=O)[C@@H](Cc2cccc(C(F)(F)F)c2)N1. The first-order valence-electron chi connectivity index (χ1n) is 19.5. The number of aliphatic carboxylic acids is 1. The molecule has 0 aliphatic carbocycles. The molecule has 5 aromatic carbocycles.